The Labute approximate surface area is 223 Å². The van der Waals surface area contributed by atoms with Crippen molar-refractivity contribution in [2.75, 3.05) is 5.32 Å². The predicted molar refractivity (Wildman–Crippen MR) is 155 cm³/mol. The van der Waals surface area contributed by atoms with Crippen LogP contribution in [0, 0.1) is 5.92 Å². The maximum Gasteiger partial charge on any atom is 0.262 e. The fraction of sp³-hybridized carbons (Fsp3) is 0.281. The predicted octanol–water partition coefficient (Wildman–Crippen LogP) is 7.58. The molecule has 1 unspecified atom stereocenters. The molecule has 1 N–H and O–H groups in total. The van der Waals surface area contributed by atoms with E-state index in [1.165, 1.54) is 35.7 Å². The van der Waals surface area contributed by atoms with E-state index in [-0.39, 0.29) is 17.4 Å². The summed E-state index contributed by atoms with van der Waals surface area (Å²) in [6.07, 6.45) is 9.02. The van der Waals surface area contributed by atoms with Crippen LogP contribution in [0.15, 0.2) is 96.0 Å². The quantitative estimate of drug-likeness (QED) is 0.273. The van der Waals surface area contributed by atoms with E-state index < -0.39 is 0 Å². The lowest BCUT2D eigenvalue weighted by Crippen LogP contribution is -2.48. The maximum absolute atomic E-state index is 14.0. The monoisotopic (exact) mass is 507 g/mol. The molecule has 2 heterocycles. The van der Waals surface area contributed by atoms with E-state index in [1.807, 2.05) is 18.2 Å². The molecule has 2 fully saturated rings. The number of nitrogens with zero attached hydrogens (tertiary/aromatic N) is 2. The molecule has 1 aliphatic heterocycles. The molecule has 1 amide bonds. The molecular formula is C32H33N3OS. The molecule has 3 atom stereocenters. The van der Waals surface area contributed by atoms with Gasteiger partial charge >= 0.3 is 0 Å². The normalized spacial score (nSPS) is 23.2. The average Bonchev–Trinajstić information content (AvgIpc) is 3.42. The molecule has 0 spiro atoms. The van der Waals surface area contributed by atoms with Gasteiger partial charge in [0.2, 0.25) is 0 Å². The molecule has 1 aliphatic carbocycles. The van der Waals surface area contributed by atoms with Gasteiger partial charge < -0.3 is 14.8 Å². The van der Waals surface area contributed by atoms with Crippen LogP contribution >= 0.6 is 11.8 Å². The molecule has 2 aliphatic rings. The van der Waals surface area contributed by atoms with Gasteiger partial charge in [-0.05, 0) is 48.6 Å². The highest BCUT2D eigenvalue weighted by Crippen LogP contribution is 2.42. The molecule has 4 aromatic rings. The van der Waals surface area contributed by atoms with Crippen molar-refractivity contribution < 1.29 is 4.79 Å². The lowest BCUT2D eigenvalue weighted by atomic mass is 9.85. The first kappa shape index (κ1) is 23.9. The number of aromatic nitrogens is 1. The first-order valence-corrected chi connectivity index (χ1v) is 14.2. The van der Waals surface area contributed by atoms with Gasteiger partial charge in [-0.1, -0.05) is 98.3 Å². The Bertz CT molecular complexity index is 1410. The van der Waals surface area contributed by atoms with Gasteiger partial charge in [-0.25, -0.2) is 0 Å². The fourth-order valence-electron chi connectivity index (χ4n) is 5.81. The summed E-state index contributed by atoms with van der Waals surface area (Å²) in [5, 5.41) is 4.83. The van der Waals surface area contributed by atoms with Crippen molar-refractivity contribution in [1.29, 1.82) is 0 Å². The van der Waals surface area contributed by atoms with Crippen molar-refractivity contribution in [3.8, 4) is 0 Å². The summed E-state index contributed by atoms with van der Waals surface area (Å²) in [6.45, 7) is 3.11. The van der Waals surface area contributed by atoms with Gasteiger partial charge in [0, 0.05) is 40.9 Å². The SMILES string of the molecule is C[C@@H]1CCCC[C@@H]1N1C(=O)/C(=C/c2cn(Cc3ccccc3)c3ccccc23)SC1Nc1ccccc1. The summed E-state index contributed by atoms with van der Waals surface area (Å²) >= 11 is 1.65. The molecule has 5 heteroatoms. The number of nitrogens with one attached hydrogen (secondary N) is 1. The van der Waals surface area contributed by atoms with Gasteiger partial charge in [0.1, 0.15) is 0 Å². The highest BCUT2D eigenvalue weighted by atomic mass is 32.2. The summed E-state index contributed by atoms with van der Waals surface area (Å²) < 4.78 is 2.29. The van der Waals surface area contributed by atoms with E-state index in [0.717, 1.165) is 29.1 Å². The number of hydrogen-bond acceptors (Lipinski definition) is 3. The van der Waals surface area contributed by atoms with E-state index in [4.69, 9.17) is 0 Å². The summed E-state index contributed by atoms with van der Waals surface area (Å²) in [7, 11) is 0. The van der Waals surface area contributed by atoms with Crippen LogP contribution in [0.25, 0.3) is 17.0 Å². The lowest BCUT2D eigenvalue weighted by molar-refractivity contribution is -0.129. The van der Waals surface area contributed by atoms with E-state index in [9.17, 15) is 4.79 Å². The average molecular weight is 508 g/mol. The molecule has 188 valence electrons. The lowest BCUT2D eigenvalue weighted by Gasteiger charge is -2.39. The molecule has 1 aromatic heterocycles. The van der Waals surface area contributed by atoms with E-state index in [2.05, 4.69) is 101 Å². The van der Waals surface area contributed by atoms with Gasteiger partial charge in [0.15, 0.2) is 5.50 Å². The van der Waals surface area contributed by atoms with Crippen LogP contribution in [0.5, 0.6) is 0 Å². The van der Waals surface area contributed by atoms with Crippen molar-refractivity contribution in [2.24, 2.45) is 5.92 Å². The van der Waals surface area contributed by atoms with E-state index in [0.29, 0.717) is 5.92 Å². The van der Waals surface area contributed by atoms with E-state index >= 15 is 0 Å². The Hall–Kier alpha value is -3.44. The smallest absolute Gasteiger partial charge is 0.262 e. The summed E-state index contributed by atoms with van der Waals surface area (Å²) in [4.78, 5) is 16.9. The highest BCUT2D eigenvalue weighted by Gasteiger charge is 2.43. The number of rotatable bonds is 6. The van der Waals surface area contributed by atoms with Crippen LogP contribution in [0.1, 0.15) is 43.7 Å². The van der Waals surface area contributed by atoms with Gasteiger partial charge in [-0.2, -0.15) is 0 Å². The Balaban J connectivity index is 1.36. The number of hydrogen-bond donors (Lipinski definition) is 1. The Kier molecular flexibility index (Phi) is 6.79. The molecule has 1 saturated heterocycles. The second-order valence-corrected chi connectivity index (χ2v) is 11.4. The molecule has 0 bridgehead atoms. The number of thioether (sulfide) groups is 1. The minimum absolute atomic E-state index is 0.107. The first-order valence-electron chi connectivity index (χ1n) is 13.3. The minimum Gasteiger partial charge on any atom is -0.356 e. The second kappa shape index (κ2) is 10.5. The van der Waals surface area contributed by atoms with Crippen molar-refractivity contribution in [1.82, 2.24) is 9.47 Å². The number of para-hydroxylation sites is 2. The molecule has 4 nitrogen and oxygen atoms in total. The number of amides is 1. The van der Waals surface area contributed by atoms with Crippen molar-refractivity contribution in [2.45, 2.75) is 50.7 Å². The zero-order valence-electron chi connectivity index (χ0n) is 21.2. The first-order chi connectivity index (χ1) is 18.2. The second-order valence-electron chi connectivity index (χ2n) is 10.2. The number of carbonyl (C=O) groups is 1. The van der Waals surface area contributed by atoms with Crippen LogP contribution < -0.4 is 5.32 Å². The third kappa shape index (κ3) is 4.93. The molecule has 6 rings (SSSR count). The molecule has 37 heavy (non-hydrogen) atoms. The van der Waals surface area contributed by atoms with Crippen molar-refractivity contribution in [3.05, 3.63) is 107 Å². The summed E-state index contributed by atoms with van der Waals surface area (Å²) in [5.41, 5.74) is 4.48. The van der Waals surface area contributed by atoms with E-state index in [1.54, 1.807) is 11.8 Å². The Morgan fingerprint density at radius 2 is 1.62 bits per heavy atom. The Morgan fingerprint density at radius 3 is 2.41 bits per heavy atom. The van der Waals surface area contributed by atoms with Gasteiger partial charge in [-0.3, -0.25) is 4.79 Å². The van der Waals surface area contributed by atoms with Crippen LogP contribution in [0.3, 0.4) is 0 Å². The van der Waals surface area contributed by atoms with Crippen LogP contribution in [0.4, 0.5) is 5.69 Å². The number of fused-ring (bicyclic) bond motifs is 1. The third-order valence-electron chi connectivity index (χ3n) is 7.73. The number of benzene rings is 3. The standard InChI is InChI=1S/C32H33N3OS/c1-23-12-8-10-18-28(23)35-31(36)30(37-32(35)33-26-15-6-3-7-16-26)20-25-22-34(21-24-13-4-2-5-14-24)29-19-11-9-17-27(25)29/h2-7,9,11,13-17,19-20,22-23,28,32-33H,8,10,12,18,21H2,1H3/b30-20-/t23-,28+,32?/m1/s1. The topological polar surface area (TPSA) is 37.3 Å². The summed E-state index contributed by atoms with van der Waals surface area (Å²) in [6, 6.07) is 29.5. The number of carbonyl (C=O) groups excluding carboxylic acids is 1. The largest absolute Gasteiger partial charge is 0.356 e. The van der Waals surface area contributed by atoms with Crippen molar-refractivity contribution >= 4 is 40.3 Å². The fourth-order valence-corrected chi connectivity index (χ4v) is 7.01. The number of anilines is 1. The van der Waals surface area contributed by atoms with Gasteiger partial charge in [0.05, 0.1) is 4.91 Å². The van der Waals surface area contributed by atoms with Gasteiger partial charge in [-0.15, -0.1) is 0 Å². The molecule has 3 aromatic carbocycles. The maximum atomic E-state index is 14.0. The third-order valence-corrected chi connectivity index (χ3v) is 8.84. The minimum atomic E-state index is -0.107. The van der Waals surface area contributed by atoms with Crippen LogP contribution in [-0.4, -0.2) is 26.9 Å². The molecule has 1 saturated carbocycles. The molecule has 0 radical (unpaired) electrons. The molecular weight excluding hydrogens is 474 g/mol. The highest BCUT2D eigenvalue weighted by molar-refractivity contribution is 8.05. The Morgan fingerprint density at radius 1 is 0.919 bits per heavy atom. The van der Waals surface area contributed by atoms with Crippen molar-refractivity contribution in [3.63, 3.8) is 0 Å². The zero-order valence-corrected chi connectivity index (χ0v) is 22.0. The van der Waals surface area contributed by atoms with Crippen LogP contribution in [-0.2, 0) is 11.3 Å². The summed E-state index contributed by atoms with van der Waals surface area (Å²) in [5.74, 6) is 0.655. The van der Waals surface area contributed by atoms with Gasteiger partial charge in [0.25, 0.3) is 5.91 Å². The zero-order chi connectivity index (χ0) is 25.2. The van der Waals surface area contributed by atoms with Crippen LogP contribution in [0.2, 0.25) is 0 Å².